The molecule has 0 spiro atoms. The summed E-state index contributed by atoms with van der Waals surface area (Å²) in [6, 6.07) is 14.0. The maximum Gasteiger partial charge on any atom is 0.226 e. The summed E-state index contributed by atoms with van der Waals surface area (Å²) in [5.41, 5.74) is 1.87. The summed E-state index contributed by atoms with van der Waals surface area (Å²) in [5.74, 6) is 1.30. The zero-order valence-corrected chi connectivity index (χ0v) is 17.4. The van der Waals surface area contributed by atoms with Crippen LogP contribution in [0.15, 0.2) is 59.1 Å². The van der Waals surface area contributed by atoms with Crippen molar-refractivity contribution in [1.29, 1.82) is 0 Å². The van der Waals surface area contributed by atoms with Crippen LogP contribution in [0.2, 0.25) is 0 Å². The van der Waals surface area contributed by atoms with E-state index >= 15 is 0 Å². The van der Waals surface area contributed by atoms with E-state index < -0.39 is 0 Å². The Hall–Kier alpha value is -3.81. The average Bonchev–Trinajstić information content (AvgIpc) is 3.50. The summed E-state index contributed by atoms with van der Waals surface area (Å²) in [7, 11) is 0. The first-order chi connectivity index (χ1) is 15.7. The number of aryl methyl sites for hydroxylation is 1. The fourth-order valence-electron chi connectivity index (χ4n) is 3.85. The molecule has 162 valence electrons. The van der Waals surface area contributed by atoms with E-state index in [1.807, 2.05) is 24.3 Å². The largest absolute Gasteiger partial charge is 0.441 e. The molecule has 32 heavy (non-hydrogen) atoms. The second-order valence-corrected chi connectivity index (χ2v) is 7.72. The van der Waals surface area contributed by atoms with Gasteiger partial charge in [0.1, 0.15) is 5.82 Å². The number of benzene rings is 2. The number of nitrogens with one attached hydrogen (secondary N) is 1. The van der Waals surface area contributed by atoms with Crippen molar-refractivity contribution in [2.24, 2.45) is 0 Å². The Labute approximate surface area is 184 Å². The van der Waals surface area contributed by atoms with Crippen LogP contribution in [0.4, 0.5) is 16.0 Å². The lowest BCUT2D eigenvalue weighted by Gasteiger charge is -2.20. The fraction of sp³-hybridized carbons (Fsp3) is 0.250. The van der Waals surface area contributed by atoms with Crippen LogP contribution in [0.3, 0.4) is 0 Å². The van der Waals surface area contributed by atoms with Gasteiger partial charge in [-0.25, -0.2) is 19.3 Å². The molecule has 8 heteroatoms. The van der Waals surface area contributed by atoms with Crippen LogP contribution in [0.1, 0.15) is 25.2 Å². The quantitative estimate of drug-likeness (QED) is 0.481. The Morgan fingerprint density at radius 2 is 1.75 bits per heavy atom. The fourth-order valence-corrected chi connectivity index (χ4v) is 3.85. The molecular formula is C24H22FN5O2. The molecular weight excluding hydrogens is 409 g/mol. The monoisotopic (exact) mass is 431 g/mol. The van der Waals surface area contributed by atoms with Gasteiger partial charge in [-0.05, 0) is 37.1 Å². The third-order valence-electron chi connectivity index (χ3n) is 5.47. The van der Waals surface area contributed by atoms with Crippen molar-refractivity contribution in [2.45, 2.75) is 25.7 Å². The zero-order valence-electron chi connectivity index (χ0n) is 17.4. The minimum atomic E-state index is -0.378. The molecule has 2 aromatic carbocycles. The minimum absolute atomic E-state index is 0.158. The average molecular weight is 431 g/mol. The van der Waals surface area contributed by atoms with E-state index in [9.17, 15) is 9.18 Å². The third kappa shape index (κ3) is 4.16. The SMILES string of the molecule is O=C(CCc1ncc(-c2ccccc2F)o1)Nc1nc2ccccc2nc1N1CCCC1. The number of para-hydroxylation sites is 2. The minimum Gasteiger partial charge on any atom is -0.441 e. The molecule has 0 bridgehead atoms. The van der Waals surface area contributed by atoms with E-state index in [0.717, 1.165) is 37.0 Å². The molecule has 0 aliphatic carbocycles. The summed E-state index contributed by atoms with van der Waals surface area (Å²) < 4.78 is 19.6. The van der Waals surface area contributed by atoms with Crippen molar-refractivity contribution in [1.82, 2.24) is 15.0 Å². The highest BCUT2D eigenvalue weighted by molar-refractivity contribution is 5.94. The van der Waals surface area contributed by atoms with Crippen LogP contribution in [-0.4, -0.2) is 33.9 Å². The Morgan fingerprint density at radius 3 is 2.53 bits per heavy atom. The number of amides is 1. The second kappa shape index (κ2) is 8.74. The first kappa shape index (κ1) is 20.1. The van der Waals surface area contributed by atoms with E-state index in [0.29, 0.717) is 35.3 Å². The molecule has 1 amide bonds. The number of anilines is 2. The number of hydrogen-bond donors (Lipinski definition) is 1. The van der Waals surface area contributed by atoms with E-state index in [-0.39, 0.29) is 18.1 Å². The van der Waals surface area contributed by atoms with Gasteiger partial charge in [0.15, 0.2) is 23.3 Å². The summed E-state index contributed by atoms with van der Waals surface area (Å²) in [5, 5.41) is 2.91. The molecule has 0 saturated carbocycles. The Bertz CT molecular complexity index is 1270. The summed E-state index contributed by atoms with van der Waals surface area (Å²) in [6.07, 6.45) is 4.12. The number of rotatable bonds is 6. The highest BCUT2D eigenvalue weighted by atomic mass is 19.1. The molecule has 0 unspecified atom stereocenters. The number of fused-ring (bicyclic) bond motifs is 1. The second-order valence-electron chi connectivity index (χ2n) is 7.72. The number of carbonyl (C=O) groups excluding carboxylic acids is 1. The van der Waals surface area contributed by atoms with Crippen LogP contribution in [-0.2, 0) is 11.2 Å². The summed E-state index contributed by atoms with van der Waals surface area (Å²) in [4.78, 5) is 28.4. The van der Waals surface area contributed by atoms with Gasteiger partial charge in [-0.2, -0.15) is 0 Å². The van der Waals surface area contributed by atoms with Gasteiger partial charge in [0.25, 0.3) is 0 Å². The van der Waals surface area contributed by atoms with Crippen LogP contribution in [0.25, 0.3) is 22.4 Å². The molecule has 7 nitrogen and oxygen atoms in total. The van der Waals surface area contributed by atoms with E-state index in [4.69, 9.17) is 9.40 Å². The van der Waals surface area contributed by atoms with Gasteiger partial charge in [0.05, 0.1) is 22.8 Å². The molecule has 5 rings (SSSR count). The van der Waals surface area contributed by atoms with E-state index in [1.165, 1.54) is 12.3 Å². The molecule has 1 N–H and O–H groups in total. The lowest BCUT2D eigenvalue weighted by molar-refractivity contribution is -0.116. The zero-order chi connectivity index (χ0) is 21.9. The lowest BCUT2D eigenvalue weighted by Crippen LogP contribution is -2.23. The highest BCUT2D eigenvalue weighted by Crippen LogP contribution is 2.28. The Kier molecular flexibility index (Phi) is 5.49. The Morgan fingerprint density at radius 1 is 1.03 bits per heavy atom. The molecule has 1 aliphatic heterocycles. The molecule has 1 fully saturated rings. The summed E-state index contributed by atoms with van der Waals surface area (Å²) >= 11 is 0. The van der Waals surface area contributed by atoms with Crippen molar-refractivity contribution < 1.29 is 13.6 Å². The maximum atomic E-state index is 13.9. The number of aromatic nitrogens is 3. The van der Waals surface area contributed by atoms with Crippen LogP contribution in [0.5, 0.6) is 0 Å². The molecule has 2 aromatic heterocycles. The topological polar surface area (TPSA) is 84.2 Å². The van der Waals surface area contributed by atoms with Gasteiger partial charge in [-0.1, -0.05) is 24.3 Å². The number of hydrogen-bond acceptors (Lipinski definition) is 6. The predicted octanol–water partition coefficient (Wildman–Crippen LogP) is 4.60. The van der Waals surface area contributed by atoms with Crippen LogP contribution < -0.4 is 10.2 Å². The van der Waals surface area contributed by atoms with Crippen molar-refractivity contribution in [3.63, 3.8) is 0 Å². The third-order valence-corrected chi connectivity index (χ3v) is 5.47. The lowest BCUT2D eigenvalue weighted by atomic mass is 10.2. The van der Waals surface area contributed by atoms with Gasteiger partial charge in [0, 0.05) is 25.9 Å². The molecule has 0 atom stereocenters. The first-order valence-electron chi connectivity index (χ1n) is 10.7. The normalized spacial score (nSPS) is 13.6. The van der Waals surface area contributed by atoms with Crippen LogP contribution >= 0.6 is 0 Å². The number of carbonyl (C=O) groups is 1. The van der Waals surface area contributed by atoms with E-state index in [2.05, 4.69) is 20.2 Å². The van der Waals surface area contributed by atoms with Gasteiger partial charge in [-0.15, -0.1) is 0 Å². The molecule has 1 aliphatic rings. The van der Waals surface area contributed by atoms with Crippen molar-refractivity contribution in [3.05, 3.63) is 66.4 Å². The standard InChI is InChI=1S/C24H22FN5O2/c25-17-8-2-1-7-16(17)20-15-26-22(32-20)12-11-21(31)29-23-24(30-13-5-6-14-30)28-19-10-4-3-9-18(19)27-23/h1-4,7-10,15H,5-6,11-14H2,(H,27,29,31). The maximum absolute atomic E-state index is 13.9. The number of halogens is 1. The van der Waals surface area contributed by atoms with Gasteiger partial charge in [0.2, 0.25) is 5.91 Å². The number of oxazole rings is 1. The first-order valence-corrected chi connectivity index (χ1v) is 10.7. The van der Waals surface area contributed by atoms with Gasteiger partial charge >= 0.3 is 0 Å². The summed E-state index contributed by atoms with van der Waals surface area (Å²) in [6.45, 7) is 1.79. The van der Waals surface area contributed by atoms with Crippen molar-refractivity contribution >= 4 is 28.6 Å². The van der Waals surface area contributed by atoms with E-state index in [1.54, 1.807) is 18.2 Å². The van der Waals surface area contributed by atoms with Crippen LogP contribution in [0, 0.1) is 5.82 Å². The smallest absolute Gasteiger partial charge is 0.226 e. The molecule has 0 radical (unpaired) electrons. The van der Waals surface area contributed by atoms with Gasteiger partial charge in [-0.3, -0.25) is 4.79 Å². The van der Waals surface area contributed by atoms with Gasteiger partial charge < -0.3 is 14.6 Å². The van der Waals surface area contributed by atoms with Crippen molar-refractivity contribution in [2.75, 3.05) is 23.3 Å². The number of nitrogens with zero attached hydrogens (tertiary/aromatic N) is 4. The predicted molar refractivity (Wildman–Crippen MR) is 120 cm³/mol. The van der Waals surface area contributed by atoms with Crippen molar-refractivity contribution in [3.8, 4) is 11.3 Å². The molecule has 4 aromatic rings. The molecule has 1 saturated heterocycles. The highest BCUT2D eigenvalue weighted by Gasteiger charge is 2.21. The Balaban J connectivity index is 1.30. The molecule has 3 heterocycles.